The molecule has 2 aromatic rings. The number of hydrogen-bond acceptors (Lipinski definition) is 2. The monoisotopic (exact) mass is 339 g/mol. The number of halogens is 2. The minimum absolute atomic E-state index is 0.0155. The summed E-state index contributed by atoms with van der Waals surface area (Å²) >= 11 is 9.59. The summed E-state index contributed by atoms with van der Waals surface area (Å²) in [7, 11) is 1.99. The third kappa shape index (κ3) is 3.50. The van der Waals surface area contributed by atoms with Crippen LogP contribution in [0.25, 0.3) is 0 Å². The first-order chi connectivity index (χ1) is 9.11. The summed E-state index contributed by atoms with van der Waals surface area (Å²) in [5, 5.41) is 10.2. The minimum Gasteiger partial charge on any atom is -0.392 e. The maximum atomic E-state index is 9.44. The Bertz CT molecular complexity index is 574. The summed E-state index contributed by atoms with van der Waals surface area (Å²) in [4.78, 5) is 2.08. The van der Waals surface area contributed by atoms with Crippen LogP contribution < -0.4 is 4.90 Å². The SMILES string of the molecule is CN(Cc1ccccc1Cl)c1ccc(Br)cc1CO. The zero-order chi connectivity index (χ0) is 13.8. The van der Waals surface area contributed by atoms with E-state index in [0.29, 0.717) is 6.54 Å². The van der Waals surface area contributed by atoms with Gasteiger partial charge in [-0.05, 0) is 29.8 Å². The first-order valence-electron chi connectivity index (χ1n) is 5.95. The molecule has 100 valence electrons. The Balaban J connectivity index is 2.25. The number of aliphatic hydroxyl groups is 1. The molecule has 0 aliphatic carbocycles. The van der Waals surface area contributed by atoms with Gasteiger partial charge in [-0.25, -0.2) is 0 Å². The van der Waals surface area contributed by atoms with Crippen molar-refractivity contribution in [2.75, 3.05) is 11.9 Å². The molecule has 19 heavy (non-hydrogen) atoms. The van der Waals surface area contributed by atoms with Gasteiger partial charge in [-0.15, -0.1) is 0 Å². The first kappa shape index (κ1) is 14.4. The molecular weight excluding hydrogens is 326 g/mol. The average Bonchev–Trinajstić information content (AvgIpc) is 2.41. The Hall–Kier alpha value is -1.03. The summed E-state index contributed by atoms with van der Waals surface area (Å²) in [6.45, 7) is 0.718. The molecule has 1 N–H and O–H groups in total. The van der Waals surface area contributed by atoms with E-state index in [4.69, 9.17) is 11.6 Å². The van der Waals surface area contributed by atoms with Gasteiger partial charge < -0.3 is 10.0 Å². The van der Waals surface area contributed by atoms with Gasteiger partial charge >= 0.3 is 0 Å². The lowest BCUT2D eigenvalue weighted by Gasteiger charge is -2.22. The highest BCUT2D eigenvalue weighted by molar-refractivity contribution is 9.10. The number of anilines is 1. The van der Waals surface area contributed by atoms with Crippen molar-refractivity contribution in [2.45, 2.75) is 13.2 Å². The Morgan fingerprint density at radius 2 is 1.89 bits per heavy atom. The van der Waals surface area contributed by atoms with Crippen molar-refractivity contribution >= 4 is 33.2 Å². The van der Waals surface area contributed by atoms with Crippen LogP contribution in [-0.4, -0.2) is 12.2 Å². The molecule has 0 radical (unpaired) electrons. The lowest BCUT2D eigenvalue weighted by molar-refractivity contribution is 0.282. The van der Waals surface area contributed by atoms with Crippen molar-refractivity contribution in [1.82, 2.24) is 0 Å². The molecule has 0 saturated heterocycles. The fraction of sp³-hybridized carbons (Fsp3) is 0.200. The summed E-state index contributed by atoms with van der Waals surface area (Å²) in [5.74, 6) is 0. The lowest BCUT2D eigenvalue weighted by Crippen LogP contribution is -2.18. The largest absolute Gasteiger partial charge is 0.392 e. The van der Waals surface area contributed by atoms with E-state index in [0.717, 1.165) is 26.3 Å². The van der Waals surface area contributed by atoms with Crippen molar-refractivity contribution in [3.05, 3.63) is 63.1 Å². The maximum absolute atomic E-state index is 9.44. The van der Waals surface area contributed by atoms with Gasteiger partial charge in [-0.2, -0.15) is 0 Å². The molecule has 0 amide bonds. The highest BCUT2D eigenvalue weighted by Gasteiger charge is 2.09. The van der Waals surface area contributed by atoms with E-state index in [2.05, 4.69) is 20.8 Å². The molecule has 0 unspecified atom stereocenters. The average molecular weight is 341 g/mol. The van der Waals surface area contributed by atoms with Gasteiger partial charge in [-0.3, -0.25) is 0 Å². The predicted octanol–water partition coefficient (Wildman–Crippen LogP) is 4.23. The van der Waals surface area contributed by atoms with E-state index in [-0.39, 0.29) is 6.61 Å². The molecule has 0 saturated carbocycles. The van der Waals surface area contributed by atoms with Gasteiger partial charge in [0.2, 0.25) is 0 Å². The standard InChI is InChI=1S/C15H15BrClNO/c1-18(9-11-4-2-3-5-14(11)17)15-7-6-13(16)8-12(15)10-19/h2-8,19H,9-10H2,1H3. The van der Waals surface area contributed by atoms with Crippen LogP contribution in [0.5, 0.6) is 0 Å². The van der Waals surface area contributed by atoms with Gasteiger partial charge in [0.15, 0.2) is 0 Å². The Kier molecular flexibility index (Phi) is 4.86. The van der Waals surface area contributed by atoms with Crippen LogP contribution in [0.3, 0.4) is 0 Å². The van der Waals surface area contributed by atoms with Crippen molar-refractivity contribution < 1.29 is 5.11 Å². The Morgan fingerprint density at radius 1 is 1.16 bits per heavy atom. The van der Waals surface area contributed by atoms with Gasteiger partial charge in [0.25, 0.3) is 0 Å². The Morgan fingerprint density at radius 3 is 2.58 bits per heavy atom. The van der Waals surface area contributed by atoms with E-state index >= 15 is 0 Å². The van der Waals surface area contributed by atoms with E-state index < -0.39 is 0 Å². The fourth-order valence-electron chi connectivity index (χ4n) is 2.02. The molecule has 4 heteroatoms. The number of rotatable bonds is 4. The van der Waals surface area contributed by atoms with Crippen LogP contribution in [-0.2, 0) is 13.2 Å². The van der Waals surface area contributed by atoms with Crippen LogP contribution in [0.1, 0.15) is 11.1 Å². The van der Waals surface area contributed by atoms with Crippen molar-refractivity contribution in [2.24, 2.45) is 0 Å². The second-order valence-corrected chi connectivity index (χ2v) is 5.70. The molecule has 2 aromatic carbocycles. The summed E-state index contributed by atoms with van der Waals surface area (Å²) < 4.78 is 0.964. The molecule has 0 aliphatic heterocycles. The van der Waals surface area contributed by atoms with E-state index in [1.807, 2.05) is 49.5 Å². The molecule has 0 aromatic heterocycles. The van der Waals surface area contributed by atoms with Crippen molar-refractivity contribution in [3.8, 4) is 0 Å². The zero-order valence-electron chi connectivity index (χ0n) is 10.6. The Labute approximate surface area is 126 Å². The molecule has 2 rings (SSSR count). The molecule has 0 bridgehead atoms. The van der Waals surface area contributed by atoms with Crippen LogP contribution >= 0.6 is 27.5 Å². The molecule has 0 spiro atoms. The fourth-order valence-corrected chi connectivity index (χ4v) is 2.62. The predicted molar refractivity (Wildman–Crippen MR) is 83.6 cm³/mol. The zero-order valence-corrected chi connectivity index (χ0v) is 12.9. The first-order valence-corrected chi connectivity index (χ1v) is 7.12. The highest BCUT2D eigenvalue weighted by Crippen LogP contribution is 2.26. The second-order valence-electron chi connectivity index (χ2n) is 4.38. The quantitative estimate of drug-likeness (QED) is 0.900. The number of hydrogen-bond donors (Lipinski definition) is 1. The van der Waals surface area contributed by atoms with Crippen LogP contribution in [0, 0.1) is 0 Å². The normalized spacial score (nSPS) is 10.5. The van der Waals surface area contributed by atoms with Crippen LogP contribution in [0.4, 0.5) is 5.69 Å². The summed E-state index contributed by atoms with van der Waals surface area (Å²) in [5.41, 5.74) is 2.97. The molecule has 0 fully saturated rings. The molecular formula is C15H15BrClNO. The van der Waals surface area contributed by atoms with Crippen LogP contribution in [0.2, 0.25) is 5.02 Å². The minimum atomic E-state index is 0.0155. The van der Waals surface area contributed by atoms with E-state index in [9.17, 15) is 5.11 Å². The molecule has 0 heterocycles. The second kappa shape index (κ2) is 6.42. The topological polar surface area (TPSA) is 23.5 Å². The molecule has 0 atom stereocenters. The highest BCUT2D eigenvalue weighted by atomic mass is 79.9. The van der Waals surface area contributed by atoms with Gasteiger partial charge in [0.1, 0.15) is 0 Å². The summed E-state index contributed by atoms with van der Waals surface area (Å²) in [6.07, 6.45) is 0. The van der Waals surface area contributed by atoms with E-state index in [1.54, 1.807) is 0 Å². The van der Waals surface area contributed by atoms with Crippen molar-refractivity contribution in [1.29, 1.82) is 0 Å². The van der Waals surface area contributed by atoms with E-state index in [1.165, 1.54) is 0 Å². The maximum Gasteiger partial charge on any atom is 0.0702 e. The smallest absolute Gasteiger partial charge is 0.0702 e. The molecule has 2 nitrogen and oxygen atoms in total. The van der Waals surface area contributed by atoms with Crippen molar-refractivity contribution in [3.63, 3.8) is 0 Å². The molecule has 0 aliphatic rings. The van der Waals surface area contributed by atoms with Gasteiger partial charge in [0.05, 0.1) is 6.61 Å². The number of aliphatic hydroxyl groups excluding tert-OH is 1. The summed E-state index contributed by atoms with van der Waals surface area (Å²) in [6, 6.07) is 13.7. The number of nitrogens with zero attached hydrogens (tertiary/aromatic N) is 1. The third-order valence-electron chi connectivity index (χ3n) is 2.99. The lowest BCUT2D eigenvalue weighted by atomic mass is 10.1. The van der Waals surface area contributed by atoms with Crippen LogP contribution in [0.15, 0.2) is 46.9 Å². The van der Waals surface area contributed by atoms with Gasteiger partial charge in [-0.1, -0.05) is 45.7 Å². The van der Waals surface area contributed by atoms with Gasteiger partial charge in [0, 0.05) is 34.3 Å². The third-order valence-corrected chi connectivity index (χ3v) is 3.85. The number of benzene rings is 2.